The van der Waals surface area contributed by atoms with Gasteiger partial charge in [0.05, 0.1) is 0 Å². The van der Waals surface area contributed by atoms with E-state index in [0.717, 1.165) is 0 Å². The summed E-state index contributed by atoms with van der Waals surface area (Å²) in [5.74, 6) is 2.12. The van der Waals surface area contributed by atoms with E-state index in [1.165, 1.54) is 16.5 Å². The van der Waals surface area contributed by atoms with Crippen molar-refractivity contribution in [3.8, 4) is 0 Å². The van der Waals surface area contributed by atoms with Crippen LogP contribution >= 0.6 is 0 Å². The summed E-state index contributed by atoms with van der Waals surface area (Å²) in [5, 5.41) is 0. The summed E-state index contributed by atoms with van der Waals surface area (Å²) >= 11 is 1.38. The van der Waals surface area contributed by atoms with E-state index >= 15 is 0 Å². The molecular formula is CH10Ge3. The molecule has 0 unspecified atom stereocenters. The number of rotatable bonds is 0. The Hall–Kier alpha value is 1.63. The van der Waals surface area contributed by atoms with Gasteiger partial charge in [0.1, 0.15) is 0 Å². The van der Waals surface area contributed by atoms with Crippen molar-refractivity contribution in [2.24, 2.45) is 0 Å². The summed E-state index contributed by atoms with van der Waals surface area (Å²) < 4.78 is 0. The molecule has 0 amide bonds. The van der Waals surface area contributed by atoms with Gasteiger partial charge in [0.2, 0.25) is 0 Å². The van der Waals surface area contributed by atoms with E-state index in [4.69, 9.17) is 0 Å². The first-order chi connectivity index (χ1) is 1.00. The van der Waals surface area contributed by atoms with Gasteiger partial charge in [0.15, 0.2) is 0 Å². The van der Waals surface area contributed by atoms with E-state index in [9.17, 15) is 0 Å². The fraction of sp³-hybridized carbons (Fsp3) is 1.00. The van der Waals surface area contributed by atoms with E-state index in [2.05, 4.69) is 5.76 Å². The Bertz CT molecular complexity index is 3.25. The van der Waals surface area contributed by atoms with E-state index in [0.29, 0.717) is 0 Å². The second-order valence-corrected chi connectivity index (χ2v) is 0. The first-order valence-electron chi connectivity index (χ1n) is 0.707. The van der Waals surface area contributed by atoms with Crippen LogP contribution in [0.25, 0.3) is 0 Å². The van der Waals surface area contributed by atoms with Gasteiger partial charge in [-0.15, -0.1) is 0 Å². The molecule has 0 spiro atoms. The zero-order valence-electron chi connectivity index (χ0n) is 3.41. The van der Waals surface area contributed by atoms with Crippen LogP contribution in [0.2, 0.25) is 5.76 Å². The topological polar surface area (TPSA) is 0 Å². The summed E-state index contributed by atoms with van der Waals surface area (Å²) in [4.78, 5) is 0. The molecule has 26 valence electrons. The van der Waals surface area contributed by atoms with Crippen LogP contribution in [0.5, 0.6) is 0 Å². The Kier molecular flexibility index (Phi) is 100. The normalized spacial score (nSPS) is 1.50. The summed E-state index contributed by atoms with van der Waals surface area (Å²) in [6.07, 6.45) is 0. The average molecular weight is 240 g/mol. The van der Waals surface area contributed by atoms with Crippen LogP contribution in [0.1, 0.15) is 0 Å². The van der Waals surface area contributed by atoms with Crippen LogP contribution in [0.3, 0.4) is 0 Å². The molecule has 0 aliphatic heterocycles. The average Bonchev–Trinajstić information content (AvgIpc) is 1.00. The minimum absolute atomic E-state index is 0. The second kappa shape index (κ2) is 23.0. The monoisotopic (exact) mass is 244 g/mol. The Morgan fingerprint density at radius 1 is 1.25 bits per heavy atom. The van der Waals surface area contributed by atoms with Gasteiger partial charge < -0.3 is 0 Å². The van der Waals surface area contributed by atoms with Crippen molar-refractivity contribution in [2.75, 3.05) is 0 Å². The third kappa shape index (κ3) is 9.45. The van der Waals surface area contributed by atoms with Crippen LogP contribution < -0.4 is 0 Å². The first kappa shape index (κ1) is 17.5. The molecule has 0 N–H and O–H groups in total. The van der Waals surface area contributed by atoms with Crippen molar-refractivity contribution >= 4 is 51.7 Å². The van der Waals surface area contributed by atoms with Gasteiger partial charge in [0, 0.05) is 0 Å². The van der Waals surface area contributed by atoms with E-state index in [1.807, 2.05) is 0 Å². The van der Waals surface area contributed by atoms with E-state index < -0.39 is 0 Å². The van der Waals surface area contributed by atoms with E-state index in [1.54, 1.807) is 0 Å². The molecule has 0 aromatic heterocycles. The first-order valence-corrected chi connectivity index (χ1v) is 3.67. The van der Waals surface area contributed by atoms with Crippen molar-refractivity contribution in [2.45, 2.75) is 5.76 Å². The SMILES string of the molecule is [CH3][GeH2].[GeH2].[GeH3]. The number of hydrogen-bond acceptors (Lipinski definition) is 0. The standard InChI is InChI=1S/CH5Ge.GeH3.GeH2/c1-2;;/h2H2,1H3;1H3;1H2. The molecule has 4 radical (unpaired) electrons. The van der Waals surface area contributed by atoms with Crippen molar-refractivity contribution in [1.29, 1.82) is 0 Å². The van der Waals surface area contributed by atoms with Gasteiger partial charge in [-0.25, -0.2) is 0 Å². The molecule has 0 nitrogen and oxygen atoms in total. The molecule has 0 atom stereocenters. The molecule has 3 heteroatoms. The van der Waals surface area contributed by atoms with Crippen LogP contribution in [-0.4, -0.2) is 51.7 Å². The molecule has 0 fully saturated rings. The summed E-state index contributed by atoms with van der Waals surface area (Å²) in [7, 11) is 0. The molecule has 0 aliphatic carbocycles. The Balaban J connectivity index is -0.00000000500. The van der Waals surface area contributed by atoms with Crippen molar-refractivity contribution in [3.63, 3.8) is 0 Å². The predicted molar refractivity (Wildman–Crippen MR) is 32.9 cm³/mol. The summed E-state index contributed by atoms with van der Waals surface area (Å²) in [5.41, 5.74) is 0. The molecule has 0 saturated carbocycles. The zero-order chi connectivity index (χ0) is 2.00. The molecule has 0 saturated heterocycles. The molecule has 0 aromatic carbocycles. The van der Waals surface area contributed by atoms with Gasteiger partial charge in [-0.3, -0.25) is 0 Å². The van der Waals surface area contributed by atoms with Crippen molar-refractivity contribution in [3.05, 3.63) is 0 Å². The second-order valence-electron chi connectivity index (χ2n) is 0. The summed E-state index contributed by atoms with van der Waals surface area (Å²) in [6.45, 7) is 0. The fourth-order valence-corrected chi connectivity index (χ4v) is 0. The zero-order valence-corrected chi connectivity index (χ0v) is 13.5. The third-order valence-electron chi connectivity index (χ3n) is 0. The van der Waals surface area contributed by atoms with Crippen LogP contribution in [0.15, 0.2) is 0 Å². The van der Waals surface area contributed by atoms with Crippen LogP contribution in [0.4, 0.5) is 0 Å². The van der Waals surface area contributed by atoms with E-state index in [-0.39, 0.29) is 35.2 Å². The quantitative estimate of drug-likeness (QED) is 0.413. The van der Waals surface area contributed by atoms with Crippen molar-refractivity contribution < 1.29 is 0 Å². The van der Waals surface area contributed by atoms with Gasteiger partial charge >= 0.3 is 57.5 Å². The van der Waals surface area contributed by atoms with Crippen LogP contribution in [0, 0.1) is 0 Å². The maximum atomic E-state index is 2.12. The van der Waals surface area contributed by atoms with Gasteiger partial charge in [0.25, 0.3) is 0 Å². The maximum absolute atomic E-state index is 2.12. The van der Waals surface area contributed by atoms with Crippen molar-refractivity contribution in [1.82, 2.24) is 0 Å². The molecule has 4 heavy (non-hydrogen) atoms. The molecular weight excluding hydrogens is 230 g/mol. The van der Waals surface area contributed by atoms with Gasteiger partial charge in [-0.2, -0.15) is 0 Å². The molecule has 0 bridgehead atoms. The fourth-order valence-electron chi connectivity index (χ4n) is 0. The Labute approximate surface area is 57.3 Å². The Morgan fingerprint density at radius 2 is 1.25 bits per heavy atom. The van der Waals surface area contributed by atoms with Gasteiger partial charge in [-0.1, -0.05) is 0 Å². The molecule has 0 rings (SSSR count). The number of hydrogen-bond donors (Lipinski definition) is 0. The Morgan fingerprint density at radius 3 is 1.25 bits per heavy atom. The third-order valence-corrected chi connectivity index (χ3v) is 0. The molecule has 0 aliphatic rings. The minimum atomic E-state index is 0. The van der Waals surface area contributed by atoms with Gasteiger partial charge in [-0.05, 0) is 0 Å². The summed E-state index contributed by atoms with van der Waals surface area (Å²) in [6, 6.07) is 0. The molecule has 0 heterocycles. The molecule has 0 aromatic rings. The van der Waals surface area contributed by atoms with Crippen LogP contribution in [-0.2, 0) is 0 Å². The predicted octanol–water partition coefficient (Wildman–Crippen LogP) is -2.43.